The summed E-state index contributed by atoms with van der Waals surface area (Å²) < 4.78 is 2.19. The van der Waals surface area contributed by atoms with Crippen LogP contribution in [0.4, 0.5) is 0 Å². The van der Waals surface area contributed by atoms with Crippen molar-refractivity contribution >= 4 is 22.7 Å². The Hall–Kier alpha value is -1.50. The van der Waals surface area contributed by atoms with Crippen molar-refractivity contribution in [1.82, 2.24) is 20.1 Å². The normalized spacial score (nSPS) is 17.5. The van der Waals surface area contributed by atoms with E-state index in [4.69, 9.17) is 0 Å². The molecule has 114 valence electrons. The number of nitrogens with one attached hydrogen (secondary N) is 1. The Bertz CT molecular complexity index is 729. The molecule has 0 spiro atoms. The van der Waals surface area contributed by atoms with Crippen LogP contribution in [0.25, 0.3) is 10.4 Å². The number of hydrogen-bond acceptors (Lipinski definition) is 5. The lowest BCUT2D eigenvalue weighted by Crippen LogP contribution is -2.29. The van der Waals surface area contributed by atoms with Crippen LogP contribution in [-0.4, -0.2) is 21.3 Å². The van der Waals surface area contributed by atoms with Crippen LogP contribution in [0.1, 0.15) is 17.1 Å². The first-order chi connectivity index (χ1) is 10.9. The Labute approximate surface area is 137 Å². The van der Waals surface area contributed by atoms with E-state index in [0.29, 0.717) is 5.92 Å². The third kappa shape index (κ3) is 2.99. The van der Waals surface area contributed by atoms with E-state index in [1.807, 2.05) is 17.7 Å². The summed E-state index contributed by atoms with van der Waals surface area (Å²) >= 11 is 3.65. The second-order valence-electron chi connectivity index (χ2n) is 5.71. The van der Waals surface area contributed by atoms with Gasteiger partial charge in [-0.1, -0.05) is 6.07 Å². The van der Waals surface area contributed by atoms with Gasteiger partial charge in [0.25, 0.3) is 0 Å². The largest absolute Gasteiger partial charge is 0.317 e. The van der Waals surface area contributed by atoms with E-state index in [2.05, 4.69) is 49.0 Å². The second-order valence-corrected chi connectivity index (χ2v) is 7.66. The molecule has 0 amide bonds. The molecule has 1 aliphatic heterocycles. The molecule has 4 nitrogen and oxygen atoms in total. The molecule has 22 heavy (non-hydrogen) atoms. The standard InChI is InChI=1S/C16H18N4S2/c1-2-15(21-5-1)13-6-14(22-10-13)8-17-7-12-3-4-16-19-18-11-20(16)9-12/h1-2,5-6,10-12,17H,3-4,7-9H2/t12-/m1/s1. The van der Waals surface area contributed by atoms with Gasteiger partial charge in [0.2, 0.25) is 0 Å². The molecule has 3 aromatic rings. The minimum absolute atomic E-state index is 0.681. The van der Waals surface area contributed by atoms with Crippen LogP contribution in [0.5, 0.6) is 0 Å². The van der Waals surface area contributed by atoms with Gasteiger partial charge in [-0.25, -0.2) is 0 Å². The molecule has 0 saturated heterocycles. The highest BCUT2D eigenvalue weighted by Crippen LogP contribution is 2.29. The SMILES string of the molecule is c1csc(-c2csc(CNC[C@H]3CCc4nncn4C3)c2)c1. The Balaban J connectivity index is 1.29. The van der Waals surface area contributed by atoms with Crippen molar-refractivity contribution in [2.75, 3.05) is 6.54 Å². The van der Waals surface area contributed by atoms with E-state index in [1.165, 1.54) is 21.7 Å². The predicted octanol–water partition coefficient (Wildman–Crippen LogP) is 3.42. The number of fused-ring (bicyclic) bond motifs is 1. The fraction of sp³-hybridized carbons (Fsp3) is 0.375. The van der Waals surface area contributed by atoms with Crippen LogP contribution < -0.4 is 5.32 Å². The highest BCUT2D eigenvalue weighted by atomic mass is 32.1. The lowest BCUT2D eigenvalue weighted by Gasteiger charge is -2.23. The van der Waals surface area contributed by atoms with Crippen LogP contribution in [0.3, 0.4) is 0 Å². The van der Waals surface area contributed by atoms with Crippen molar-refractivity contribution in [2.24, 2.45) is 5.92 Å². The molecule has 0 aliphatic carbocycles. The third-order valence-electron chi connectivity index (χ3n) is 4.12. The molecule has 4 rings (SSSR count). The lowest BCUT2D eigenvalue weighted by molar-refractivity contribution is 0.348. The van der Waals surface area contributed by atoms with E-state index >= 15 is 0 Å². The molecular formula is C16H18N4S2. The number of aromatic nitrogens is 3. The summed E-state index contributed by atoms with van der Waals surface area (Å²) in [5, 5.41) is 16.1. The van der Waals surface area contributed by atoms with E-state index in [-0.39, 0.29) is 0 Å². The summed E-state index contributed by atoms with van der Waals surface area (Å²) in [6.07, 6.45) is 4.11. The maximum Gasteiger partial charge on any atom is 0.132 e. The molecule has 0 bridgehead atoms. The molecule has 3 aromatic heterocycles. The highest BCUT2D eigenvalue weighted by molar-refractivity contribution is 7.14. The van der Waals surface area contributed by atoms with Crippen LogP contribution in [0.2, 0.25) is 0 Å². The average molecular weight is 330 g/mol. The highest BCUT2D eigenvalue weighted by Gasteiger charge is 2.18. The van der Waals surface area contributed by atoms with Crippen molar-refractivity contribution in [2.45, 2.75) is 25.9 Å². The number of nitrogens with zero attached hydrogens (tertiary/aromatic N) is 3. The number of hydrogen-bond donors (Lipinski definition) is 1. The van der Waals surface area contributed by atoms with Crippen molar-refractivity contribution in [3.8, 4) is 10.4 Å². The molecule has 0 radical (unpaired) electrons. The van der Waals surface area contributed by atoms with Gasteiger partial charge in [0, 0.05) is 41.4 Å². The molecule has 4 heterocycles. The van der Waals surface area contributed by atoms with Gasteiger partial charge in [-0.15, -0.1) is 32.9 Å². The third-order valence-corrected chi connectivity index (χ3v) is 5.97. The zero-order valence-corrected chi connectivity index (χ0v) is 13.9. The van der Waals surface area contributed by atoms with Gasteiger partial charge >= 0.3 is 0 Å². The average Bonchev–Trinajstić information content (AvgIpc) is 3.28. The molecule has 1 N–H and O–H groups in total. The zero-order chi connectivity index (χ0) is 14.8. The van der Waals surface area contributed by atoms with Gasteiger partial charge in [-0.3, -0.25) is 0 Å². The van der Waals surface area contributed by atoms with E-state index < -0.39 is 0 Å². The second kappa shape index (κ2) is 6.32. The molecule has 0 unspecified atom stereocenters. The van der Waals surface area contributed by atoms with Crippen LogP contribution in [0, 0.1) is 5.92 Å². The van der Waals surface area contributed by atoms with Crippen molar-refractivity contribution in [3.05, 3.63) is 46.0 Å². The van der Waals surface area contributed by atoms with Gasteiger partial charge in [0.15, 0.2) is 0 Å². The van der Waals surface area contributed by atoms with Gasteiger partial charge in [-0.05, 0) is 35.2 Å². The minimum atomic E-state index is 0.681. The predicted molar refractivity (Wildman–Crippen MR) is 91.2 cm³/mol. The molecule has 0 saturated carbocycles. The maximum atomic E-state index is 4.14. The molecule has 0 aromatic carbocycles. The summed E-state index contributed by atoms with van der Waals surface area (Å²) in [5.41, 5.74) is 1.35. The van der Waals surface area contributed by atoms with Gasteiger partial charge in [0.05, 0.1) is 0 Å². The first kappa shape index (κ1) is 14.1. The van der Waals surface area contributed by atoms with E-state index in [0.717, 1.165) is 31.9 Å². The first-order valence-electron chi connectivity index (χ1n) is 7.57. The quantitative estimate of drug-likeness (QED) is 0.779. The van der Waals surface area contributed by atoms with Gasteiger partial charge < -0.3 is 9.88 Å². The Kier molecular flexibility index (Phi) is 4.05. The first-order valence-corrected chi connectivity index (χ1v) is 9.33. The van der Waals surface area contributed by atoms with Crippen molar-refractivity contribution < 1.29 is 0 Å². The van der Waals surface area contributed by atoms with Crippen LogP contribution in [0.15, 0.2) is 35.3 Å². The Morgan fingerprint density at radius 3 is 3.27 bits per heavy atom. The smallest absolute Gasteiger partial charge is 0.132 e. The minimum Gasteiger partial charge on any atom is -0.317 e. The van der Waals surface area contributed by atoms with Gasteiger partial charge in [-0.2, -0.15) is 0 Å². The monoisotopic (exact) mass is 330 g/mol. The number of thiophene rings is 2. The summed E-state index contributed by atoms with van der Waals surface area (Å²) in [5.74, 6) is 1.82. The summed E-state index contributed by atoms with van der Waals surface area (Å²) in [4.78, 5) is 2.76. The summed E-state index contributed by atoms with van der Waals surface area (Å²) in [6.45, 7) is 3.06. The molecular weight excluding hydrogens is 312 g/mol. The van der Waals surface area contributed by atoms with Crippen molar-refractivity contribution in [1.29, 1.82) is 0 Å². The maximum absolute atomic E-state index is 4.14. The molecule has 1 aliphatic rings. The van der Waals surface area contributed by atoms with E-state index in [9.17, 15) is 0 Å². The lowest BCUT2D eigenvalue weighted by atomic mass is 9.99. The molecule has 6 heteroatoms. The number of aryl methyl sites for hydroxylation is 1. The zero-order valence-electron chi connectivity index (χ0n) is 12.2. The van der Waals surface area contributed by atoms with Gasteiger partial charge in [0.1, 0.15) is 12.2 Å². The topological polar surface area (TPSA) is 42.7 Å². The van der Waals surface area contributed by atoms with Crippen LogP contribution in [-0.2, 0) is 19.5 Å². The molecule has 0 fully saturated rings. The van der Waals surface area contributed by atoms with Crippen molar-refractivity contribution in [3.63, 3.8) is 0 Å². The summed E-state index contributed by atoms with van der Waals surface area (Å²) in [6, 6.07) is 6.60. The molecule has 1 atom stereocenters. The Morgan fingerprint density at radius 2 is 2.36 bits per heavy atom. The van der Waals surface area contributed by atoms with Crippen LogP contribution >= 0.6 is 22.7 Å². The number of rotatable bonds is 5. The Morgan fingerprint density at radius 1 is 1.36 bits per heavy atom. The fourth-order valence-electron chi connectivity index (χ4n) is 2.94. The van der Waals surface area contributed by atoms with E-state index in [1.54, 1.807) is 11.3 Å². The summed E-state index contributed by atoms with van der Waals surface area (Å²) in [7, 11) is 0. The fourth-order valence-corrected chi connectivity index (χ4v) is 4.58.